The number of benzene rings is 1. The Labute approximate surface area is 164 Å². The van der Waals surface area contributed by atoms with Gasteiger partial charge in [0.15, 0.2) is 0 Å². The van der Waals surface area contributed by atoms with Gasteiger partial charge in [0.1, 0.15) is 16.5 Å². The summed E-state index contributed by atoms with van der Waals surface area (Å²) in [5.41, 5.74) is 1.54. The maximum Gasteiger partial charge on any atom is 0.273 e. The number of aromatic nitrogens is 1. The minimum absolute atomic E-state index is 0. The molecule has 1 aliphatic heterocycles. The molecular formula is C17H23Cl2N3O2S. The van der Waals surface area contributed by atoms with Crippen molar-refractivity contribution in [2.24, 2.45) is 0 Å². The predicted molar refractivity (Wildman–Crippen MR) is 107 cm³/mol. The fourth-order valence-corrected chi connectivity index (χ4v) is 3.45. The van der Waals surface area contributed by atoms with Crippen molar-refractivity contribution in [3.63, 3.8) is 0 Å². The lowest BCUT2D eigenvalue weighted by molar-refractivity contribution is 0.0650. The molecule has 138 valence electrons. The van der Waals surface area contributed by atoms with Gasteiger partial charge >= 0.3 is 0 Å². The van der Waals surface area contributed by atoms with E-state index in [1.165, 1.54) is 11.3 Å². The van der Waals surface area contributed by atoms with Gasteiger partial charge in [-0.2, -0.15) is 0 Å². The van der Waals surface area contributed by atoms with E-state index in [0.29, 0.717) is 12.3 Å². The number of carbonyl (C=O) groups excluding carboxylic acids is 1. The first kappa shape index (κ1) is 21.7. The summed E-state index contributed by atoms with van der Waals surface area (Å²) in [6.45, 7) is 7.08. The predicted octanol–water partition coefficient (Wildman–Crippen LogP) is 3.49. The van der Waals surface area contributed by atoms with Crippen molar-refractivity contribution in [1.29, 1.82) is 0 Å². The fraction of sp³-hybridized carbons (Fsp3) is 0.412. The summed E-state index contributed by atoms with van der Waals surface area (Å²) in [6.07, 6.45) is 0. The zero-order valence-corrected chi connectivity index (χ0v) is 16.7. The lowest BCUT2D eigenvalue weighted by Crippen LogP contribution is -2.52. The number of carbonyl (C=O) groups is 1. The van der Waals surface area contributed by atoms with Crippen LogP contribution in [-0.2, 0) is 0 Å². The van der Waals surface area contributed by atoms with Gasteiger partial charge in [-0.15, -0.1) is 36.2 Å². The molecule has 1 aromatic heterocycles. The molecule has 0 saturated carbocycles. The molecule has 1 N–H and O–H groups in total. The smallest absolute Gasteiger partial charge is 0.273 e. The number of hydrogen-bond donors (Lipinski definition) is 1. The SMILES string of the molecule is CCOc1ccc(-c2nc(C(=O)N3CCNCC3C)cs2)cc1.Cl.Cl. The van der Waals surface area contributed by atoms with Crippen molar-refractivity contribution in [3.8, 4) is 16.3 Å². The number of rotatable bonds is 4. The summed E-state index contributed by atoms with van der Waals surface area (Å²) in [5.74, 6) is 0.867. The zero-order valence-electron chi connectivity index (χ0n) is 14.2. The Balaban J connectivity index is 0.00000156. The quantitative estimate of drug-likeness (QED) is 0.848. The largest absolute Gasteiger partial charge is 0.494 e. The molecule has 1 aliphatic rings. The van der Waals surface area contributed by atoms with Crippen molar-refractivity contribution in [3.05, 3.63) is 35.3 Å². The van der Waals surface area contributed by atoms with Crippen LogP contribution in [0.3, 0.4) is 0 Å². The monoisotopic (exact) mass is 403 g/mol. The average Bonchev–Trinajstić information content (AvgIpc) is 3.06. The molecule has 1 atom stereocenters. The standard InChI is InChI=1S/C17H21N3O2S.2ClH/c1-3-22-14-6-4-13(5-7-14)16-19-15(11-23-16)17(21)20-9-8-18-10-12(20)2;;/h4-7,11-12,18H,3,8-10H2,1-2H3;2*1H. The van der Waals surface area contributed by atoms with Crippen molar-refractivity contribution >= 4 is 42.1 Å². The minimum atomic E-state index is 0. The van der Waals surface area contributed by atoms with Crippen LogP contribution < -0.4 is 10.1 Å². The number of thiazole rings is 1. The number of hydrogen-bond acceptors (Lipinski definition) is 5. The second-order valence-electron chi connectivity index (χ2n) is 5.55. The first-order chi connectivity index (χ1) is 11.2. The van der Waals surface area contributed by atoms with Gasteiger partial charge in [-0.05, 0) is 38.1 Å². The molecule has 1 saturated heterocycles. The highest BCUT2D eigenvalue weighted by Crippen LogP contribution is 2.26. The molecule has 2 heterocycles. The van der Waals surface area contributed by atoms with Crippen LogP contribution in [0.15, 0.2) is 29.6 Å². The molecule has 8 heteroatoms. The van der Waals surface area contributed by atoms with E-state index in [0.717, 1.165) is 36.0 Å². The molecular weight excluding hydrogens is 381 g/mol. The summed E-state index contributed by atoms with van der Waals surface area (Å²) in [5, 5.41) is 6.00. The van der Waals surface area contributed by atoms with E-state index in [1.54, 1.807) is 0 Å². The fourth-order valence-electron chi connectivity index (χ4n) is 2.65. The van der Waals surface area contributed by atoms with Crippen molar-refractivity contribution < 1.29 is 9.53 Å². The second-order valence-corrected chi connectivity index (χ2v) is 6.41. The maximum atomic E-state index is 12.6. The molecule has 0 aliphatic carbocycles. The Bertz CT molecular complexity index is 679. The van der Waals surface area contributed by atoms with Gasteiger partial charge in [0, 0.05) is 36.6 Å². The van der Waals surface area contributed by atoms with Crippen LogP contribution in [0.25, 0.3) is 10.6 Å². The van der Waals surface area contributed by atoms with Crippen molar-refractivity contribution in [2.45, 2.75) is 19.9 Å². The summed E-state index contributed by atoms with van der Waals surface area (Å²) in [7, 11) is 0. The molecule has 1 fully saturated rings. The third-order valence-electron chi connectivity index (χ3n) is 3.90. The Hall–Kier alpha value is -1.34. The third kappa shape index (κ3) is 5.07. The van der Waals surface area contributed by atoms with Crippen LogP contribution in [-0.4, -0.2) is 48.1 Å². The highest BCUT2D eigenvalue weighted by molar-refractivity contribution is 7.13. The third-order valence-corrected chi connectivity index (χ3v) is 4.79. The van der Waals surface area contributed by atoms with E-state index in [1.807, 2.05) is 41.5 Å². The molecule has 0 radical (unpaired) electrons. The average molecular weight is 404 g/mol. The summed E-state index contributed by atoms with van der Waals surface area (Å²) < 4.78 is 5.45. The van der Waals surface area contributed by atoms with Gasteiger partial charge in [0.05, 0.1) is 6.61 Å². The van der Waals surface area contributed by atoms with Gasteiger partial charge in [0.2, 0.25) is 0 Å². The van der Waals surface area contributed by atoms with Gasteiger partial charge in [-0.25, -0.2) is 4.98 Å². The first-order valence-electron chi connectivity index (χ1n) is 7.89. The van der Waals surface area contributed by atoms with Crippen LogP contribution in [0, 0.1) is 0 Å². The van der Waals surface area contributed by atoms with E-state index in [-0.39, 0.29) is 36.8 Å². The number of piperazine rings is 1. The van der Waals surface area contributed by atoms with E-state index in [4.69, 9.17) is 4.74 Å². The summed E-state index contributed by atoms with van der Waals surface area (Å²) >= 11 is 1.50. The van der Waals surface area contributed by atoms with Crippen LogP contribution >= 0.6 is 36.2 Å². The van der Waals surface area contributed by atoms with Gasteiger partial charge in [-0.1, -0.05) is 0 Å². The summed E-state index contributed by atoms with van der Waals surface area (Å²) in [4.78, 5) is 19.0. The molecule has 5 nitrogen and oxygen atoms in total. The van der Waals surface area contributed by atoms with Crippen LogP contribution in [0.5, 0.6) is 5.75 Å². The Morgan fingerprint density at radius 1 is 1.36 bits per heavy atom. The van der Waals surface area contributed by atoms with Gasteiger partial charge in [-0.3, -0.25) is 4.79 Å². The van der Waals surface area contributed by atoms with Gasteiger partial charge in [0.25, 0.3) is 5.91 Å². The Morgan fingerprint density at radius 3 is 2.72 bits per heavy atom. The van der Waals surface area contributed by atoms with Crippen LogP contribution in [0.2, 0.25) is 0 Å². The minimum Gasteiger partial charge on any atom is -0.494 e. The molecule has 0 bridgehead atoms. The maximum absolute atomic E-state index is 12.6. The van der Waals surface area contributed by atoms with Crippen molar-refractivity contribution in [1.82, 2.24) is 15.2 Å². The van der Waals surface area contributed by atoms with E-state index >= 15 is 0 Å². The normalized spacial score (nSPS) is 16.6. The van der Waals surface area contributed by atoms with Gasteiger partial charge < -0.3 is 15.0 Å². The molecule has 1 amide bonds. The summed E-state index contributed by atoms with van der Waals surface area (Å²) in [6, 6.07) is 8.02. The zero-order chi connectivity index (χ0) is 16.2. The number of halogens is 2. The number of amides is 1. The van der Waals surface area contributed by atoms with E-state index in [2.05, 4.69) is 17.2 Å². The van der Waals surface area contributed by atoms with Crippen LogP contribution in [0.1, 0.15) is 24.3 Å². The number of nitrogens with zero attached hydrogens (tertiary/aromatic N) is 2. The van der Waals surface area contributed by atoms with Crippen LogP contribution in [0.4, 0.5) is 0 Å². The topological polar surface area (TPSA) is 54.5 Å². The number of ether oxygens (including phenoxy) is 1. The lowest BCUT2D eigenvalue weighted by Gasteiger charge is -2.33. The molecule has 1 aromatic carbocycles. The Kier molecular flexibility index (Phi) is 8.65. The first-order valence-corrected chi connectivity index (χ1v) is 8.77. The van der Waals surface area contributed by atoms with E-state index in [9.17, 15) is 4.79 Å². The number of nitrogens with one attached hydrogen (secondary N) is 1. The lowest BCUT2D eigenvalue weighted by atomic mass is 10.2. The van der Waals surface area contributed by atoms with Crippen molar-refractivity contribution in [2.75, 3.05) is 26.2 Å². The highest BCUT2D eigenvalue weighted by Gasteiger charge is 2.25. The second kappa shape index (κ2) is 9.97. The molecule has 0 spiro atoms. The highest BCUT2D eigenvalue weighted by atomic mass is 35.5. The Morgan fingerprint density at radius 2 is 2.08 bits per heavy atom. The molecule has 1 unspecified atom stereocenters. The van der Waals surface area contributed by atoms with E-state index < -0.39 is 0 Å². The molecule has 2 aromatic rings. The molecule has 25 heavy (non-hydrogen) atoms. The molecule has 3 rings (SSSR count).